The average Bonchev–Trinajstić information content (AvgIpc) is 2.64. The van der Waals surface area contributed by atoms with Crippen molar-refractivity contribution in [3.05, 3.63) is 60.2 Å². The fraction of sp³-hybridized carbons (Fsp3) is 0.278. The van der Waals surface area contributed by atoms with Gasteiger partial charge in [0.1, 0.15) is 5.82 Å². The minimum Gasteiger partial charge on any atom is -0.339 e. The van der Waals surface area contributed by atoms with Crippen molar-refractivity contribution in [2.24, 2.45) is 5.92 Å². The Morgan fingerprint density at radius 3 is 2.46 bits per heavy atom. The minimum absolute atomic E-state index is 0.0551. The van der Waals surface area contributed by atoms with Crippen LogP contribution in [0.4, 0.5) is 10.1 Å². The van der Waals surface area contributed by atoms with Gasteiger partial charge in [-0.05, 0) is 49.2 Å². The molecule has 0 aliphatic carbocycles. The second-order valence-corrected chi connectivity index (χ2v) is 5.80. The summed E-state index contributed by atoms with van der Waals surface area (Å²) in [6, 6.07) is 9.16. The zero-order chi connectivity index (χ0) is 16.9. The maximum absolute atomic E-state index is 12.9. The van der Waals surface area contributed by atoms with Gasteiger partial charge >= 0.3 is 0 Å². The number of hydrogen-bond acceptors (Lipinski definition) is 3. The molecule has 1 saturated heterocycles. The van der Waals surface area contributed by atoms with Gasteiger partial charge in [0.05, 0.1) is 5.56 Å². The Morgan fingerprint density at radius 1 is 1.12 bits per heavy atom. The number of amides is 2. The van der Waals surface area contributed by atoms with Crippen molar-refractivity contribution in [3.8, 4) is 0 Å². The lowest BCUT2D eigenvalue weighted by Gasteiger charge is -2.31. The molecule has 0 radical (unpaired) electrons. The van der Waals surface area contributed by atoms with E-state index in [2.05, 4.69) is 10.3 Å². The van der Waals surface area contributed by atoms with Gasteiger partial charge in [-0.3, -0.25) is 14.6 Å². The van der Waals surface area contributed by atoms with Gasteiger partial charge in [-0.15, -0.1) is 0 Å². The fourth-order valence-corrected chi connectivity index (χ4v) is 2.79. The molecule has 1 aliphatic heterocycles. The van der Waals surface area contributed by atoms with E-state index < -0.39 is 0 Å². The first-order valence-corrected chi connectivity index (χ1v) is 7.89. The monoisotopic (exact) mass is 327 g/mol. The molecule has 1 aliphatic rings. The van der Waals surface area contributed by atoms with Gasteiger partial charge in [-0.1, -0.05) is 0 Å². The number of pyridine rings is 1. The van der Waals surface area contributed by atoms with Gasteiger partial charge in [-0.25, -0.2) is 4.39 Å². The molecule has 1 fully saturated rings. The molecule has 2 amide bonds. The summed E-state index contributed by atoms with van der Waals surface area (Å²) >= 11 is 0. The topological polar surface area (TPSA) is 62.3 Å². The summed E-state index contributed by atoms with van der Waals surface area (Å²) in [5.41, 5.74) is 1.14. The first kappa shape index (κ1) is 16.1. The highest BCUT2D eigenvalue weighted by Gasteiger charge is 2.27. The molecule has 1 aromatic carbocycles. The summed E-state index contributed by atoms with van der Waals surface area (Å²) in [5, 5.41) is 2.80. The van der Waals surface area contributed by atoms with Crippen molar-refractivity contribution in [2.45, 2.75) is 12.8 Å². The molecule has 3 rings (SSSR count). The second-order valence-electron chi connectivity index (χ2n) is 5.80. The molecule has 0 bridgehead atoms. The van der Waals surface area contributed by atoms with E-state index in [1.807, 2.05) is 0 Å². The van der Waals surface area contributed by atoms with Gasteiger partial charge in [-0.2, -0.15) is 0 Å². The number of halogens is 1. The van der Waals surface area contributed by atoms with Gasteiger partial charge in [0.2, 0.25) is 5.91 Å². The smallest absolute Gasteiger partial charge is 0.255 e. The molecule has 24 heavy (non-hydrogen) atoms. The summed E-state index contributed by atoms with van der Waals surface area (Å²) in [6.45, 7) is 1.07. The molecule has 1 aromatic heterocycles. The number of nitrogens with zero attached hydrogens (tertiary/aromatic N) is 2. The van der Waals surface area contributed by atoms with Crippen molar-refractivity contribution >= 4 is 17.5 Å². The highest BCUT2D eigenvalue weighted by molar-refractivity contribution is 5.95. The molecule has 0 saturated carbocycles. The van der Waals surface area contributed by atoms with Gasteiger partial charge < -0.3 is 10.2 Å². The Hall–Kier alpha value is -2.76. The Kier molecular flexibility index (Phi) is 4.84. The molecule has 5 nitrogen and oxygen atoms in total. The Morgan fingerprint density at radius 2 is 1.83 bits per heavy atom. The van der Waals surface area contributed by atoms with Crippen LogP contribution in [0.2, 0.25) is 0 Å². The number of aromatic nitrogens is 1. The van der Waals surface area contributed by atoms with E-state index in [1.165, 1.54) is 24.3 Å². The number of carbonyl (C=O) groups is 2. The highest BCUT2D eigenvalue weighted by Crippen LogP contribution is 2.21. The molecule has 1 N–H and O–H groups in total. The molecule has 2 heterocycles. The first-order chi connectivity index (χ1) is 11.6. The first-order valence-electron chi connectivity index (χ1n) is 7.89. The van der Waals surface area contributed by atoms with Crippen molar-refractivity contribution in [3.63, 3.8) is 0 Å². The van der Waals surface area contributed by atoms with Crippen LogP contribution in [0.5, 0.6) is 0 Å². The van der Waals surface area contributed by atoms with E-state index in [9.17, 15) is 14.0 Å². The van der Waals surface area contributed by atoms with Crippen molar-refractivity contribution in [1.82, 2.24) is 9.88 Å². The van der Waals surface area contributed by atoms with Crippen LogP contribution >= 0.6 is 0 Å². The summed E-state index contributed by atoms with van der Waals surface area (Å²) < 4.78 is 12.9. The molecular formula is C18H18FN3O2. The van der Waals surface area contributed by atoms with Crippen LogP contribution in [0.1, 0.15) is 23.2 Å². The number of likely N-dealkylation sites (tertiary alicyclic amines) is 1. The molecule has 0 spiro atoms. The number of nitrogens with one attached hydrogen (secondary N) is 1. The van der Waals surface area contributed by atoms with E-state index in [0.717, 1.165) is 0 Å². The number of rotatable bonds is 3. The SMILES string of the molecule is O=C(Nc1ccc(F)cc1)C1CCN(C(=O)c2cccnc2)CC1. The van der Waals surface area contributed by atoms with E-state index in [-0.39, 0.29) is 23.5 Å². The highest BCUT2D eigenvalue weighted by atomic mass is 19.1. The lowest BCUT2D eigenvalue weighted by molar-refractivity contribution is -0.121. The third kappa shape index (κ3) is 3.76. The third-order valence-corrected chi connectivity index (χ3v) is 4.17. The van der Waals surface area contributed by atoms with Crippen molar-refractivity contribution < 1.29 is 14.0 Å². The van der Waals surface area contributed by atoms with Crippen LogP contribution in [0.25, 0.3) is 0 Å². The van der Waals surface area contributed by atoms with E-state index >= 15 is 0 Å². The lowest BCUT2D eigenvalue weighted by atomic mass is 9.95. The van der Waals surface area contributed by atoms with Crippen LogP contribution in [-0.2, 0) is 4.79 Å². The summed E-state index contributed by atoms with van der Waals surface area (Å²) in [4.78, 5) is 30.3. The summed E-state index contributed by atoms with van der Waals surface area (Å²) in [7, 11) is 0. The normalized spacial score (nSPS) is 15.1. The number of hydrogen-bond donors (Lipinski definition) is 1. The Bertz CT molecular complexity index is 711. The average molecular weight is 327 g/mol. The van der Waals surface area contributed by atoms with Gasteiger partial charge in [0.15, 0.2) is 0 Å². The maximum Gasteiger partial charge on any atom is 0.255 e. The number of carbonyl (C=O) groups excluding carboxylic acids is 2. The molecule has 124 valence electrons. The zero-order valence-electron chi connectivity index (χ0n) is 13.1. The standard InChI is InChI=1S/C18H18FN3O2/c19-15-3-5-16(6-4-15)21-17(23)13-7-10-22(11-8-13)18(24)14-2-1-9-20-12-14/h1-6,9,12-13H,7-8,10-11H2,(H,21,23). The number of benzene rings is 1. The van der Waals surface area contributed by atoms with Crippen LogP contribution in [0.15, 0.2) is 48.8 Å². The maximum atomic E-state index is 12.9. The predicted molar refractivity (Wildman–Crippen MR) is 87.9 cm³/mol. The van der Waals surface area contributed by atoms with Gasteiger partial charge in [0.25, 0.3) is 5.91 Å². The van der Waals surface area contributed by atoms with Crippen molar-refractivity contribution in [2.75, 3.05) is 18.4 Å². The van der Waals surface area contributed by atoms with Crippen LogP contribution < -0.4 is 5.32 Å². The minimum atomic E-state index is -0.338. The molecular weight excluding hydrogens is 309 g/mol. The summed E-state index contributed by atoms with van der Waals surface area (Å²) in [6.07, 6.45) is 4.40. The fourth-order valence-electron chi connectivity index (χ4n) is 2.79. The quantitative estimate of drug-likeness (QED) is 0.943. The van der Waals surface area contributed by atoms with E-state index in [0.29, 0.717) is 37.2 Å². The van der Waals surface area contributed by atoms with Crippen molar-refractivity contribution in [1.29, 1.82) is 0 Å². The Balaban J connectivity index is 1.54. The van der Waals surface area contributed by atoms with Crippen LogP contribution in [0.3, 0.4) is 0 Å². The van der Waals surface area contributed by atoms with E-state index in [4.69, 9.17) is 0 Å². The Labute approximate surface area is 139 Å². The molecule has 6 heteroatoms. The molecule has 0 unspecified atom stereocenters. The van der Waals surface area contributed by atoms with Crippen LogP contribution in [-0.4, -0.2) is 34.8 Å². The van der Waals surface area contributed by atoms with Gasteiger partial charge in [0, 0.05) is 37.1 Å². The largest absolute Gasteiger partial charge is 0.339 e. The zero-order valence-corrected chi connectivity index (χ0v) is 13.1. The second kappa shape index (κ2) is 7.21. The lowest BCUT2D eigenvalue weighted by Crippen LogP contribution is -2.41. The number of piperidine rings is 1. The third-order valence-electron chi connectivity index (χ3n) is 4.17. The summed E-state index contributed by atoms with van der Waals surface area (Å²) in [5.74, 6) is -0.626. The van der Waals surface area contributed by atoms with E-state index in [1.54, 1.807) is 29.4 Å². The predicted octanol–water partition coefficient (Wildman–Crippen LogP) is 2.71. The molecule has 0 atom stereocenters. The molecule has 2 aromatic rings. The van der Waals surface area contributed by atoms with Crippen LogP contribution in [0, 0.1) is 11.7 Å². The number of anilines is 1.